The number of hydrazine groups is 1. The number of hydrogen-bond donors (Lipinski definition) is 1. The second-order valence-electron chi connectivity index (χ2n) is 8.77. The number of pyridine rings is 1. The van der Waals surface area contributed by atoms with Gasteiger partial charge in [0, 0.05) is 50.4 Å². The van der Waals surface area contributed by atoms with Gasteiger partial charge in [0.05, 0.1) is 30.9 Å². The van der Waals surface area contributed by atoms with E-state index in [-0.39, 0.29) is 6.17 Å². The quantitative estimate of drug-likeness (QED) is 0.657. The van der Waals surface area contributed by atoms with Gasteiger partial charge in [0.25, 0.3) is 0 Å². The molecule has 1 fully saturated rings. The third-order valence-corrected chi connectivity index (χ3v) is 6.54. The van der Waals surface area contributed by atoms with Gasteiger partial charge in [0.1, 0.15) is 24.5 Å². The van der Waals surface area contributed by atoms with E-state index in [1.165, 1.54) is 0 Å². The normalized spacial score (nSPS) is 20.6. The lowest BCUT2D eigenvalue weighted by Crippen LogP contribution is -2.48. The van der Waals surface area contributed by atoms with E-state index in [9.17, 15) is 4.79 Å². The van der Waals surface area contributed by atoms with Crippen LogP contribution in [0.2, 0.25) is 0 Å². The summed E-state index contributed by atoms with van der Waals surface area (Å²) in [4.78, 5) is 29.5. The first-order valence-corrected chi connectivity index (χ1v) is 11.3. The standard InChI is InChI=1S/C23H30N8O2/c1-16-9-17(10-24-23(16)33-3)29-8-6-20-19(12-29)22(26-14-25-20)27-21-5-4-7-30(21)31-15-28(2)11-18(31)13-32/h9-11,13-14,21H,4-8,12,15H2,1-3H3,(H,25,26,27). The molecule has 0 aliphatic carbocycles. The molecule has 3 aliphatic rings. The predicted molar refractivity (Wildman–Crippen MR) is 124 cm³/mol. The number of hydrogen-bond acceptors (Lipinski definition) is 10. The molecule has 0 saturated carbocycles. The molecule has 1 unspecified atom stereocenters. The topological polar surface area (TPSA) is 90.0 Å². The van der Waals surface area contributed by atoms with E-state index in [0.717, 1.165) is 67.0 Å². The number of carbonyl (C=O) groups excluding carboxylic acids is 1. The molecule has 10 heteroatoms. The number of allylic oxidation sites excluding steroid dienone is 1. The first-order chi connectivity index (χ1) is 16.1. The Hall–Kier alpha value is -3.40. The Morgan fingerprint density at radius 1 is 1.24 bits per heavy atom. The Kier molecular flexibility index (Phi) is 5.76. The fraction of sp³-hybridized carbons (Fsp3) is 0.478. The van der Waals surface area contributed by atoms with Crippen molar-refractivity contribution in [2.75, 3.05) is 44.1 Å². The van der Waals surface area contributed by atoms with Gasteiger partial charge in [0.2, 0.25) is 5.88 Å². The van der Waals surface area contributed by atoms with E-state index in [2.05, 4.69) is 41.3 Å². The number of anilines is 2. The van der Waals surface area contributed by atoms with Gasteiger partial charge in [-0.2, -0.15) is 5.01 Å². The summed E-state index contributed by atoms with van der Waals surface area (Å²) in [6, 6.07) is 2.11. The van der Waals surface area contributed by atoms with Crippen molar-refractivity contribution in [1.82, 2.24) is 29.9 Å². The molecule has 0 bridgehead atoms. The molecule has 174 valence electrons. The van der Waals surface area contributed by atoms with Crippen molar-refractivity contribution in [3.63, 3.8) is 0 Å². The van der Waals surface area contributed by atoms with Crippen LogP contribution in [0.4, 0.5) is 11.5 Å². The number of methoxy groups -OCH3 is 1. The van der Waals surface area contributed by atoms with Crippen molar-refractivity contribution in [3.05, 3.63) is 47.3 Å². The highest BCUT2D eigenvalue weighted by atomic mass is 16.5. The van der Waals surface area contributed by atoms with Gasteiger partial charge < -0.3 is 19.9 Å². The number of nitrogens with zero attached hydrogens (tertiary/aromatic N) is 7. The first-order valence-electron chi connectivity index (χ1n) is 11.3. The van der Waals surface area contributed by atoms with Crippen LogP contribution < -0.4 is 15.0 Å². The molecule has 5 rings (SSSR count). The number of aromatic nitrogens is 3. The summed E-state index contributed by atoms with van der Waals surface area (Å²) >= 11 is 0. The second kappa shape index (κ2) is 8.86. The summed E-state index contributed by atoms with van der Waals surface area (Å²) in [5.74, 6) is 1.52. The van der Waals surface area contributed by atoms with Gasteiger partial charge in [-0.3, -0.25) is 9.80 Å². The summed E-state index contributed by atoms with van der Waals surface area (Å²) in [7, 11) is 3.62. The lowest BCUT2D eigenvalue weighted by Gasteiger charge is -2.36. The van der Waals surface area contributed by atoms with Crippen molar-refractivity contribution in [2.45, 2.75) is 38.9 Å². The molecule has 0 spiro atoms. The molecule has 5 heterocycles. The Morgan fingerprint density at radius 2 is 2.12 bits per heavy atom. The largest absolute Gasteiger partial charge is 0.481 e. The Balaban J connectivity index is 1.37. The summed E-state index contributed by atoms with van der Waals surface area (Å²) in [6.07, 6.45) is 9.28. The van der Waals surface area contributed by atoms with Crippen molar-refractivity contribution in [3.8, 4) is 5.88 Å². The molecular formula is C23H30N8O2. The van der Waals surface area contributed by atoms with Crippen molar-refractivity contribution in [2.24, 2.45) is 0 Å². The van der Waals surface area contributed by atoms with Crippen LogP contribution in [0.15, 0.2) is 30.5 Å². The molecule has 10 nitrogen and oxygen atoms in total. The molecule has 3 aliphatic heterocycles. The number of carbonyl (C=O) groups is 1. The van der Waals surface area contributed by atoms with E-state index < -0.39 is 0 Å². The molecular weight excluding hydrogens is 420 g/mol. The number of aryl methyl sites for hydroxylation is 1. The van der Waals surface area contributed by atoms with Crippen LogP contribution in [-0.4, -0.2) is 76.2 Å². The Bertz CT molecular complexity index is 1070. The van der Waals surface area contributed by atoms with E-state index in [1.807, 2.05) is 31.3 Å². The van der Waals surface area contributed by atoms with E-state index >= 15 is 0 Å². The van der Waals surface area contributed by atoms with Crippen LogP contribution in [0.25, 0.3) is 0 Å². The summed E-state index contributed by atoms with van der Waals surface area (Å²) in [6.45, 7) is 5.17. The summed E-state index contributed by atoms with van der Waals surface area (Å²) in [5.41, 5.74) is 4.97. The van der Waals surface area contributed by atoms with Crippen LogP contribution >= 0.6 is 0 Å². The number of rotatable bonds is 6. The highest BCUT2D eigenvalue weighted by Crippen LogP contribution is 2.31. The van der Waals surface area contributed by atoms with Crippen LogP contribution in [0.5, 0.6) is 5.88 Å². The third kappa shape index (κ3) is 4.06. The van der Waals surface area contributed by atoms with Gasteiger partial charge in [-0.15, -0.1) is 0 Å². The molecule has 33 heavy (non-hydrogen) atoms. The van der Waals surface area contributed by atoms with E-state index in [4.69, 9.17) is 4.74 Å². The van der Waals surface area contributed by atoms with Gasteiger partial charge in [-0.05, 0) is 25.8 Å². The molecule has 0 radical (unpaired) electrons. The van der Waals surface area contributed by atoms with E-state index in [1.54, 1.807) is 13.4 Å². The highest BCUT2D eigenvalue weighted by molar-refractivity contribution is 5.72. The Morgan fingerprint density at radius 3 is 2.91 bits per heavy atom. The fourth-order valence-corrected chi connectivity index (χ4v) is 4.91. The lowest BCUT2D eigenvalue weighted by molar-refractivity contribution is -0.109. The molecule has 2 aromatic heterocycles. The molecule has 1 saturated heterocycles. The zero-order valence-electron chi connectivity index (χ0n) is 19.4. The average molecular weight is 451 g/mol. The van der Waals surface area contributed by atoms with Gasteiger partial charge in [-0.1, -0.05) is 0 Å². The number of ether oxygens (including phenoxy) is 1. The van der Waals surface area contributed by atoms with Crippen LogP contribution in [0, 0.1) is 6.92 Å². The molecule has 1 atom stereocenters. The maximum Gasteiger partial charge on any atom is 0.216 e. The minimum Gasteiger partial charge on any atom is -0.481 e. The van der Waals surface area contributed by atoms with Crippen LogP contribution in [0.3, 0.4) is 0 Å². The second-order valence-corrected chi connectivity index (χ2v) is 8.77. The van der Waals surface area contributed by atoms with Crippen molar-refractivity contribution < 1.29 is 9.53 Å². The number of nitrogens with one attached hydrogen (secondary N) is 1. The summed E-state index contributed by atoms with van der Waals surface area (Å²) in [5, 5.41) is 7.97. The SMILES string of the molecule is COc1ncc(N2CCc3ncnc(NC4CCCN4N4CN(C)C=C4C=O)c3C2)cc1C. The average Bonchev–Trinajstić information content (AvgIpc) is 3.44. The minimum absolute atomic E-state index is 0.0686. The van der Waals surface area contributed by atoms with Crippen LogP contribution in [0.1, 0.15) is 29.7 Å². The smallest absolute Gasteiger partial charge is 0.216 e. The lowest BCUT2D eigenvalue weighted by atomic mass is 10.1. The van der Waals surface area contributed by atoms with Crippen molar-refractivity contribution >= 4 is 17.8 Å². The first kappa shape index (κ1) is 21.4. The number of aldehydes is 1. The monoisotopic (exact) mass is 450 g/mol. The van der Waals surface area contributed by atoms with Gasteiger partial charge in [0.15, 0.2) is 6.29 Å². The minimum atomic E-state index is 0.0686. The van der Waals surface area contributed by atoms with Crippen LogP contribution in [-0.2, 0) is 17.8 Å². The maximum atomic E-state index is 11.6. The fourth-order valence-electron chi connectivity index (χ4n) is 4.91. The van der Waals surface area contributed by atoms with E-state index in [0.29, 0.717) is 24.8 Å². The van der Waals surface area contributed by atoms with Crippen molar-refractivity contribution in [1.29, 1.82) is 0 Å². The Labute approximate surface area is 193 Å². The summed E-state index contributed by atoms with van der Waals surface area (Å²) < 4.78 is 5.31. The van der Waals surface area contributed by atoms with Gasteiger partial charge >= 0.3 is 0 Å². The molecule has 0 amide bonds. The third-order valence-electron chi connectivity index (χ3n) is 6.54. The number of fused-ring (bicyclic) bond motifs is 1. The molecule has 2 aromatic rings. The zero-order valence-corrected chi connectivity index (χ0v) is 19.4. The zero-order chi connectivity index (χ0) is 22.9. The molecule has 1 N–H and O–H groups in total. The molecule has 0 aromatic carbocycles. The maximum absolute atomic E-state index is 11.6. The van der Waals surface area contributed by atoms with Gasteiger partial charge in [-0.25, -0.2) is 15.0 Å². The predicted octanol–water partition coefficient (Wildman–Crippen LogP) is 1.75. The highest BCUT2D eigenvalue weighted by Gasteiger charge is 2.34.